The molecule has 1 aliphatic heterocycles. The molecule has 134 valence electrons. The van der Waals surface area contributed by atoms with E-state index in [1.165, 1.54) is 24.9 Å². The number of nitrogens with one attached hydrogen (secondary N) is 1. The molecule has 0 saturated carbocycles. The van der Waals surface area contributed by atoms with E-state index in [1.807, 2.05) is 30.3 Å². The Kier molecular flexibility index (Phi) is 6.74. The highest BCUT2D eigenvalue weighted by molar-refractivity contribution is 6.32. The zero-order valence-corrected chi connectivity index (χ0v) is 15.6. The average Bonchev–Trinajstić information content (AvgIpc) is 3.09. The number of likely N-dealkylation sites (N-methyl/N-ethyl adjacent to an activating group) is 1. The van der Waals surface area contributed by atoms with Crippen LogP contribution in [0.5, 0.6) is 5.75 Å². The Bertz CT molecular complexity index is 662. The van der Waals surface area contributed by atoms with Crippen LogP contribution < -0.4 is 10.1 Å². The third kappa shape index (κ3) is 5.21. The van der Waals surface area contributed by atoms with Gasteiger partial charge in [0.05, 0.1) is 5.02 Å². The molecule has 0 radical (unpaired) electrons. The summed E-state index contributed by atoms with van der Waals surface area (Å²) in [6, 6.07) is 16.9. The number of likely N-dealkylation sites (tertiary alicyclic amines) is 1. The van der Waals surface area contributed by atoms with Crippen molar-refractivity contribution in [1.82, 2.24) is 10.2 Å². The molecular formula is C21H27ClN2O. The molecule has 0 spiro atoms. The zero-order valence-electron chi connectivity index (χ0n) is 14.9. The van der Waals surface area contributed by atoms with Crippen LogP contribution in [0.15, 0.2) is 48.5 Å². The molecule has 3 nitrogen and oxygen atoms in total. The van der Waals surface area contributed by atoms with Gasteiger partial charge in [-0.3, -0.25) is 4.90 Å². The minimum Gasteiger partial charge on any atom is -0.487 e. The predicted octanol–water partition coefficient (Wildman–Crippen LogP) is 4.49. The number of halogens is 1. The molecule has 1 saturated heterocycles. The molecule has 3 rings (SSSR count). The summed E-state index contributed by atoms with van der Waals surface area (Å²) in [7, 11) is 0. The van der Waals surface area contributed by atoms with Crippen molar-refractivity contribution in [2.75, 3.05) is 19.6 Å². The van der Waals surface area contributed by atoms with Gasteiger partial charge in [0, 0.05) is 19.1 Å². The van der Waals surface area contributed by atoms with Crippen LogP contribution in [0.4, 0.5) is 0 Å². The van der Waals surface area contributed by atoms with Gasteiger partial charge >= 0.3 is 0 Å². The van der Waals surface area contributed by atoms with Crippen LogP contribution in [0, 0.1) is 0 Å². The summed E-state index contributed by atoms with van der Waals surface area (Å²) in [6.07, 6.45) is 2.62. The van der Waals surface area contributed by atoms with E-state index in [-0.39, 0.29) is 0 Å². The molecule has 0 amide bonds. The van der Waals surface area contributed by atoms with Crippen molar-refractivity contribution >= 4 is 11.6 Å². The lowest BCUT2D eigenvalue weighted by Gasteiger charge is -2.23. The van der Waals surface area contributed by atoms with Gasteiger partial charge in [0.1, 0.15) is 12.4 Å². The van der Waals surface area contributed by atoms with E-state index in [0.717, 1.165) is 30.9 Å². The molecule has 4 heteroatoms. The molecule has 2 aromatic carbocycles. The number of hydrogen-bond acceptors (Lipinski definition) is 3. The van der Waals surface area contributed by atoms with Crippen LogP contribution in [0.2, 0.25) is 5.02 Å². The minimum atomic E-state index is 0.534. The highest BCUT2D eigenvalue weighted by Gasteiger charge is 2.22. The second-order valence-electron chi connectivity index (χ2n) is 6.59. The van der Waals surface area contributed by atoms with Gasteiger partial charge in [0.2, 0.25) is 0 Å². The maximum atomic E-state index is 6.39. The molecule has 1 aliphatic rings. The molecule has 2 aromatic rings. The Morgan fingerprint density at radius 3 is 2.76 bits per heavy atom. The lowest BCUT2D eigenvalue weighted by Crippen LogP contribution is -2.37. The van der Waals surface area contributed by atoms with E-state index < -0.39 is 0 Å². The predicted molar refractivity (Wildman–Crippen MR) is 104 cm³/mol. The molecule has 1 atom stereocenters. The first-order valence-electron chi connectivity index (χ1n) is 9.16. The summed E-state index contributed by atoms with van der Waals surface area (Å²) in [5.41, 5.74) is 2.33. The summed E-state index contributed by atoms with van der Waals surface area (Å²) >= 11 is 6.39. The van der Waals surface area contributed by atoms with Crippen molar-refractivity contribution < 1.29 is 4.74 Å². The fourth-order valence-corrected chi connectivity index (χ4v) is 3.69. The van der Waals surface area contributed by atoms with Crippen molar-refractivity contribution in [3.63, 3.8) is 0 Å². The Morgan fingerprint density at radius 1 is 1.16 bits per heavy atom. The van der Waals surface area contributed by atoms with Gasteiger partial charge in [-0.15, -0.1) is 0 Å². The summed E-state index contributed by atoms with van der Waals surface area (Å²) in [5.74, 6) is 0.738. The monoisotopic (exact) mass is 358 g/mol. The summed E-state index contributed by atoms with van der Waals surface area (Å²) in [5, 5.41) is 4.24. The number of hydrogen-bond donors (Lipinski definition) is 1. The van der Waals surface area contributed by atoms with Gasteiger partial charge in [-0.2, -0.15) is 0 Å². The highest BCUT2D eigenvalue weighted by atomic mass is 35.5. The Morgan fingerprint density at radius 2 is 2.00 bits per heavy atom. The lowest BCUT2D eigenvalue weighted by molar-refractivity contribution is 0.260. The van der Waals surface area contributed by atoms with E-state index in [4.69, 9.17) is 16.3 Å². The van der Waals surface area contributed by atoms with Crippen LogP contribution in [0.25, 0.3) is 0 Å². The van der Waals surface area contributed by atoms with Crippen molar-refractivity contribution in [1.29, 1.82) is 0 Å². The number of benzene rings is 2. The number of ether oxygens (including phenoxy) is 1. The topological polar surface area (TPSA) is 24.5 Å². The molecular weight excluding hydrogens is 332 g/mol. The number of rotatable bonds is 8. The van der Waals surface area contributed by atoms with Crippen molar-refractivity contribution in [2.45, 2.75) is 39.0 Å². The van der Waals surface area contributed by atoms with Crippen molar-refractivity contribution in [3.8, 4) is 5.75 Å². The fourth-order valence-electron chi connectivity index (χ4n) is 3.43. The maximum absolute atomic E-state index is 6.39. The summed E-state index contributed by atoms with van der Waals surface area (Å²) < 4.78 is 5.83. The average molecular weight is 359 g/mol. The Balaban J connectivity index is 1.48. The molecule has 0 aliphatic carbocycles. The standard InChI is InChI=1S/C21H27ClN2O/c1-2-24-12-6-9-19(24)15-23-14-18-10-11-21(20(22)13-18)25-16-17-7-4-3-5-8-17/h3-5,7-8,10-11,13,19,23H,2,6,9,12,14-16H2,1H3. The maximum Gasteiger partial charge on any atom is 0.138 e. The first-order valence-corrected chi connectivity index (χ1v) is 9.54. The largest absolute Gasteiger partial charge is 0.487 e. The van der Waals surface area contributed by atoms with Gasteiger partial charge < -0.3 is 10.1 Å². The van der Waals surface area contributed by atoms with Crippen LogP contribution in [-0.4, -0.2) is 30.6 Å². The SMILES string of the molecule is CCN1CCCC1CNCc1ccc(OCc2ccccc2)c(Cl)c1. The van der Waals surface area contributed by atoms with Crippen LogP contribution in [0.3, 0.4) is 0 Å². The van der Waals surface area contributed by atoms with Gasteiger partial charge in [0.25, 0.3) is 0 Å². The van der Waals surface area contributed by atoms with E-state index in [9.17, 15) is 0 Å². The molecule has 1 heterocycles. The van der Waals surface area contributed by atoms with E-state index in [2.05, 4.69) is 35.3 Å². The van der Waals surface area contributed by atoms with Crippen LogP contribution in [0.1, 0.15) is 30.9 Å². The van der Waals surface area contributed by atoms with Gasteiger partial charge in [-0.1, -0.05) is 54.9 Å². The molecule has 1 unspecified atom stereocenters. The van der Waals surface area contributed by atoms with Gasteiger partial charge in [-0.25, -0.2) is 0 Å². The van der Waals surface area contributed by atoms with Gasteiger partial charge in [0.15, 0.2) is 0 Å². The highest BCUT2D eigenvalue weighted by Crippen LogP contribution is 2.26. The molecule has 25 heavy (non-hydrogen) atoms. The molecule has 0 bridgehead atoms. The summed E-state index contributed by atoms with van der Waals surface area (Å²) in [6.45, 7) is 7.04. The fraction of sp³-hybridized carbons (Fsp3) is 0.429. The Hall–Kier alpha value is -1.55. The first-order chi connectivity index (χ1) is 12.3. The van der Waals surface area contributed by atoms with Gasteiger partial charge in [-0.05, 0) is 49.2 Å². The van der Waals surface area contributed by atoms with Crippen molar-refractivity contribution in [2.24, 2.45) is 0 Å². The molecule has 1 N–H and O–H groups in total. The second kappa shape index (κ2) is 9.23. The minimum absolute atomic E-state index is 0.534. The third-order valence-electron chi connectivity index (χ3n) is 4.85. The smallest absolute Gasteiger partial charge is 0.138 e. The van der Waals surface area contributed by atoms with E-state index in [0.29, 0.717) is 17.7 Å². The summed E-state index contributed by atoms with van der Waals surface area (Å²) in [4.78, 5) is 2.56. The quantitative estimate of drug-likeness (QED) is 0.752. The molecule has 1 fully saturated rings. The third-order valence-corrected chi connectivity index (χ3v) is 5.14. The van der Waals surface area contributed by atoms with Crippen LogP contribution >= 0.6 is 11.6 Å². The second-order valence-corrected chi connectivity index (χ2v) is 7.00. The van der Waals surface area contributed by atoms with Crippen LogP contribution in [-0.2, 0) is 13.2 Å². The Labute approximate surface area is 155 Å². The zero-order chi connectivity index (χ0) is 17.5. The van der Waals surface area contributed by atoms with Crippen molar-refractivity contribution in [3.05, 3.63) is 64.7 Å². The first kappa shape index (κ1) is 18.2. The lowest BCUT2D eigenvalue weighted by atomic mass is 10.2. The van der Waals surface area contributed by atoms with E-state index in [1.54, 1.807) is 0 Å². The van der Waals surface area contributed by atoms with E-state index >= 15 is 0 Å². The normalized spacial score (nSPS) is 17.8. The molecule has 0 aromatic heterocycles. The number of nitrogens with zero attached hydrogens (tertiary/aromatic N) is 1.